The maximum Gasteiger partial charge on any atom is 0.344 e. The average Bonchev–Trinajstić information content (AvgIpc) is 2.45. The Bertz CT molecular complexity index is 428. The van der Waals surface area contributed by atoms with Gasteiger partial charge in [0.15, 0.2) is 18.1 Å². The lowest BCUT2D eigenvalue weighted by Crippen LogP contribution is -2.15. The van der Waals surface area contributed by atoms with E-state index >= 15 is 0 Å². The van der Waals surface area contributed by atoms with Crippen molar-refractivity contribution in [3.8, 4) is 11.5 Å². The van der Waals surface area contributed by atoms with E-state index in [2.05, 4.69) is 0 Å². The lowest BCUT2D eigenvalue weighted by molar-refractivity contribution is -0.146. The second kappa shape index (κ2) is 8.13. The van der Waals surface area contributed by atoms with Crippen molar-refractivity contribution in [3.05, 3.63) is 23.8 Å². The van der Waals surface area contributed by atoms with Crippen LogP contribution in [0, 0.1) is 0 Å². The van der Waals surface area contributed by atoms with E-state index in [1.54, 1.807) is 18.2 Å². The van der Waals surface area contributed by atoms with Crippen LogP contribution in [0.15, 0.2) is 18.2 Å². The minimum Gasteiger partial charge on any atom is -0.493 e. The van der Waals surface area contributed by atoms with Crippen molar-refractivity contribution in [2.45, 2.75) is 19.8 Å². The van der Waals surface area contributed by atoms with Gasteiger partial charge in [-0.1, -0.05) is 13.3 Å². The Kier molecular flexibility index (Phi) is 6.43. The summed E-state index contributed by atoms with van der Waals surface area (Å²) < 4.78 is 15.3. The fourth-order valence-electron chi connectivity index (χ4n) is 1.39. The summed E-state index contributed by atoms with van der Waals surface area (Å²) in [6.07, 6.45) is 2.52. The van der Waals surface area contributed by atoms with Gasteiger partial charge in [0.05, 0.1) is 13.7 Å². The third kappa shape index (κ3) is 4.99. The molecule has 0 N–H and O–H groups in total. The van der Waals surface area contributed by atoms with E-state index in [4.69, 9.17) is 14.2 Å². The fourth-order valence-corrected chi connectivity index (χ4v) is 1.39. The number of rotatable bonds is 8. The average molecular weight is 266 g/mol. The van der Waals surface area contributed by atoms with Gasteiger partial charge in [-0.25, -0.2) is 4.79 Å². The number of benzene rings is 1. The molecule has 0 saturated carbocycles. The Morgan fingerprint density at radius 2 is 2.11 bits per heavy atom. The van der Waals surface area contributed by atoms with Crippen LogP contribution in [0.2, 0.25) is 0 Å². The molecule has 1 rings (SSSR count). The first-order chi connectivity index (χ1) is 9.21. The molecule has 5 heteroatoms. The van der Waals surface area contributed by atoms with Crippen molar-refractivity contribution in [1.82, 2.24) is 0 Å². The highest BCUT2D eigenvalue weighted by molar-refractivity contribution is 5.76. The second-order valence-electron chi connectivity index (χ2n) is 3.89. The van der Waals surface area contributed by atoms with Crippen LogP contribution >= 0.6 is 0 Å². The third-order valence-electron chi connectivity index (χ3n) is 2.43. The van der Waals surface area contributed by atoms with Gasteiger partial charge < -0.3 is 14.2 Å². The third-order valence-corrected chi connectivity index (χ3v) is 2.43. The van der Waals surface area contributed by atoms with E-state index in [9.17, 15) is 9.59 Å². The molecule has 0 amide bonds. The number of carbonyl (C=O) groups excluding carboxylic acids is 2. The number of aldehydes is 1. The zero-order chi connectivity index (χ0) is 14.1. The Balaban J connectivity index is 2.52. The molecule has 104 valence electrons. The molecule has 0 fully saturated rings. The van der Waals surface area contributed by atoms with E-state index < -0.39 is 5.97 Å². The molecule has 0 atom stereocenters. The van der Waals surface area contributed by atoms with Crippen molar-refractivity contribution in [2.75, 3.05) is 20.3 Å². The molecule has 0 bridgehead atoms. The lowest BCUT2D eigenvalue weighted by Gasteiger charge is -2.10. The van der Waals surface area contributed by atoms with Gasteiger partial charge in [0.25, 0.3) is 0 Å². The number of ether oxygens (including phenoxy) is 3. The van der Waals surface area contributed by atoms with Crippen molar-refractivity contribution < 1.29 is 23.8 Å². The molecule has 0 aliphatic rings. The van der Waals surface area contributed by atoms with Gasteiger partial charge in [0, 0.05) is 5.56 Å². The van der Waals surface area contributed by atoms with E-state index in [0.717, 1.165) is 12.8 Å². The summed E-state index contributed by atoms with van der Waals surface area (Å²) in [5.41, 5.74) is 0.481. The molecule has 0 saturated heterocycles. The summed E-state index contributed by atoms with van der Waals surface area (Å²) in [4.78, 5) is 22.0. The first-order valence-electron chi connectivity index (χ1n) is 6.13. The monoisotopic (exact) mass is 266 g/mol. The molecule has 0 aliphatic heterocycles. The SMILES string of the molecule is CCCCOC(=O)COc1ccc(C=O)cc1OC. The van der Waals surface area contributed by atoms with Crippen molar-refractivity contribution in [3.63, 3.8) is 0 Å². The van der Waals surface area contributed by atoms with Crippen LogP contribution in [0.4, 0.5) is 0 Å². The van der Waals surface area contributed by atoms with Gasteiger partial charge in [-0.15, -0.1) is 0 Å². The minimum absolute atomic E-state index is 0.180. The van der Waals surface area contributed by atoms with Crippen LogP contribution in [0.3, 0.4) is 0 Å². The Labute approximate surface area is 112 Å². The maximum absolute atomic E-state index is 11.4. The number of unbranched alkanes of at least 4 members (excludes halogenated alkanes) is 1. The van der Waals surface area contributed by atoms with E-state index in [-0.39, 0.29) is 6.61 Å². The van der Waals surface area contributed by atoms with Crippen molar-refractivity contribution in [1.29, 1.82) is 0 Å². The fraction of sp³-hybridized carbons (Fsp3) is 0.429. The predicted octanol–water partition coefficient (Wildman–Crippen LogP) is 2.23. The Morgan fingerprint density at radius 1 is 1.32 bits per heavy atom. The topological polar surface area (TPSA) is 61.8 Å². The number of hydrogen-bond acceptors (Lipinski definition) is 5. The first kappa shape index (κ1) is 15.0. The summed E-state index contributed by atoms with van der Waals surface area (Å²) in [5, 5.41) is 0. The molecule has 1 aromatic carbocycles. The zero-order valence-corrected chi connectivity index (χ0v) is 11.2. The van der Waals surface area contributed by atoms with Crippen LogP contribution in [0.25, 0.3) is 0 Å². The van der Waals surface area contributed by atoms with Gasteiger partial charge >= 0.3 is 5.97 Å². The highest BCUT2D eigenvalue weighted by Gasteiger charge is 2.09. The molecular weight excluding hydrogens is 248 g/mol. The van der Waals surface area contributed by atoms with Gasteiger partial charge in [0.2, 0.25) is 0 Å². The van der Waals surface area contributed by atoms with Gasteiger partial charge in [-0.3, -0.25) is 4.79 Å². The largest absolute Gasteiger partial charge is 0.493 e. The second-order valence-corrected chi connectivity index (χ2v) is 3.89. The predicted molar refractivity (Wildman–Crippen MR) is 69.7 cm³/mol. The molecule has 0 aromatic heterocycles. The smallest absolute Gasteiger partial charge is 0.344 e. The summed E-state index contributed by atoms with van der Waals surface area (Å²) in [5.74, 6) is 0.390. The van der Waals surface area contributed by atoms with Gasteiger partial charge in [-0.2, -0.15) is 0 Å². The number of hydrogen-bond donors (Lipinski definition) is 0. The van der Waals surface area contributed by atoms with Gasteiger partial charge in [0.1, 0.15) is 6.29 Å². The minimum atomic E-state index is -0.421. The first-order valence-corrected chi connectivity index (χ1v) is 6.13. The molecule has 19 heavy (non-hydrogen) atoms. The van der Waals surface area contributed by atoms with E-state index in [0.29, 0.717) is 30.0 Å². The summed E-state index contributed by atoms with van der Waals surface area (Å²) in [7, 11) is 1.47. The van der Waals surface area contributed by atoms with Crippen LogP contribution in [-0.2, 0) is 9.53 Å². The van der Waals surface area contributed by atoms with Crippen molar-refractivity contribution >= 4 is 12.3 Å². The van der Waals surface area contributed by atoms with Gasteiger partial charge in [-0.05, 0) is 24.6 Å². The molecule has 0 aliphatic carbocycles. The molecule has 0 radical (unpaired) electrons. The zero-order valence-electron chi connectivity index (χ0n) is 11.2. The van der Waals surface area contributed by atoms with Crippen LogP contribution in [0.1, 0.15) is 30.1 Å². The maximum atomic E-state index is 11.4. The summed E-state index contributed by atoms with van der Waals surface area (Å²) in [6, 6.07) is 4.72. The highest BCUT2D eigenvalue weighted by atomic mass is 16.6. The number of esters is 1. The van der Waals surface area contributed by atoms with Crippen LogP contribution in [0.5, 0.6) is 11.5 Å². The molecule has 5 nitrogen and oxygen atoms in total. The quantitative estimate of drug-likeness (QED) is 0.410. The molecular formula is C14H18O5. The van der Waals surface area contributed by atoms with Crippen molar-refractivity contribution in [2.24, 2.45) is 0 Å². The Hall–Kier alpha value is -2.04. The summed E-state index contributed by atoms with van der Waals surface area (Å²) >= 11 is 0. The Morgan fingerprint density at radius 3 is 2.74 bits per heavy atom. The number of carbonyl (C=O) groups is 2. The summed E-state index contributed by atoms with van der Waals surface area (Å²) in [6.45, 7) is 2.24. The van der Waals surface area contributed by atoms with Crippen LogP contribution in [-0.4, -0.2) is 32.6 Å². The molecule has 0 unspecified atom stereocenters. The molecule has 1 aromatic rings. The number of methoxy groups -OCH3 is 1. The molecule has 0 spiro atoms. The highest BCUT2D eigenvalue weighted by Crippen LogP contribution is 2.27. The van der Waals surface area contributed by atoms with Crippen LogP contribution < -0.4 is 9.47 Å². The van der Waals surface area contributed by atoms with E-state index in [1.807, 2.05) is 6.92 Å². The standard InChI is InChI=1S/C14H18O5/c1-3-4-7-18-14(16)10-19-12-6-5-11(9-15)8-13(12)17-2/h5-6,8-9H,3-4,7,10H2,1-2H3. The molecule has 0 heterocycles. The normalized spacial score (nSPS) is 9.79. The lowest BCUT2D eigenvalue weighted by atomic mass is 10.2. The van der Waals surface area contributed by atoms with E-state index in [1.165, 1.54) is 7.11 Å².